The van der Waals surface area contributed by atoms with Crippen molar-refractivity contribution >= 4 is 125 Å². The first-order valence-corrected chi connectivity index (χ1v) is 41.3. The molecule has 0 fully saturated rings. The number of hydrogen-bond donors (Lipinski definition) is 21. The van der Waals surface area contributed by atoms with Crippen molar-refractivity contribution in [3.63, 3.8) is 0 Å². The number of carbonyl (C=O) groups excluding carboxylic acids is 12. The van der Waals surface area contributed by atoms with Crippen molar-refractivity contribution in [2.45, 2.75) is 37.7 Å². The Balaban J connectivity index is 0.000000359. The molecule has 54 nitrogen and oxygen atoms in total. The van der Waals surface area contributed by atoms with E-state index in [2.05, 4.69) is 12.8 Å². The number of benzene rings is 9. The van der Waals surface area contributed by atoms with E-state index in [-0.39, 0.29) is 77.9 Å². The van der Waals surface area contributed by atoms with E-state index in [0.717, 1.165) is 164 Å². The minimum Gasteiger partial charge on any atom is -0.478 e. The molecular formula is C95H80O54. The SMILES string of the molecule is C#C.O=C(OCCOC(=O)c1ccc(C(O)O)c(C(O)O)c1)c1ccc(C(=O)O)c(C(=O)O)c1.O=C(OCCOC(=O)c1ccc(C(O)O)c(C(O)O)c1)c1ccc(C(=O)O)c(C(=O)OCCOC(=O)c2ccc(C(=O)O)c(C(=O)O)c2)c1.O=C(OCCOC(=O)c1ccc(C(O)O)c(C(O)O)c1)c1ccc(C(=O)OCCOC(=O)c2ccc(C(=O)O)c(C(=O)O)c2)c(C(=O)OCCOC(=O)c2ccc(C(=O)O)c(C(=O)O)c2)c1. The second-order valence-corrected chi connectivity index (χ2v) is 28.7. The van der Waals surface area contributed by atoms with Crippen LogP contribution in [0.15, 0.2) is 164 Å². The highest BCUT2D eigenvalue weighted by Crippen LogP contribution is 2.29. The van der Waals surface area contributed by atoms with Crippen molar-refractivity contribution in [2.75, 3.05) is 79.3 Å². The fourth-order valence-corrected chi connectivity index (χ4v) is 12.3. The van der Waals surface area contributed by atoms with Gasteiger partial charge in [-0.1, -0.05) is 18.2 Å². The Kier molecular flexibility index (Phi) is 44.7. The van der Waals surface area contributed by atoms with E-state index in [9.17, 15) is 193 Å². The quantitative estimate of drug-likeness (QED) is 0.00857. The summed E-state index contributed by atoms with van der Waals surface area (Å²) in [6, 6.07) is 25.9. The Bertz CT molecular complexity index is 6670. The maximum absolute atomic E-state index is 13.3. The van der Waals surface area contributed by atoms with Gasteiger partial charge in [-0.3, -0.25) is 0 Å². The molecule has 9 aromatic carbocycles. The summed E-state index contributed by atoms with van der Waals surface area (Å²) in [6.07, 6.45) is -4.54. The number of esters is 12. The van der Waals surface area contributed by atoms with Crippen LogP contribution in [0.25, 0.3) is 0 Å². The lowest BCUT2D eigenvalue weighted by molar-refractivity contribution is -0.0635. The van der Waals surface area contributed by atoms with Crippen molar-refractivity contribution in [2.24, 2.45) is 0 Å². The maximum atomic E-state index is 13.3. The molecule has 54 heteroatoms. The molecule has 0 aliphatic carbocycles. The number of carbonyl (C=O) groups is 21. The van der Waals surface area contributed by atoms with Crippen LogP contribution in [-0.4, -0.2) is 312 Å². The van der Waals surface area contributed by atoms with Gasteiger partial charge >= 0.3 is 125 Å². The van der Waals surface area contributed by atoms with Gasteiger partial charge in [-0.2, -0.15) is 0 Å². The molecule has 9 rings (SSSR count). The van der Waals surface area contributed by atoms with E-state index in [1.165, 1.54) is 0 Å². The molecule has 149 heavy (non-hydrogen) atoms. The molecule has 0 saturated carbocycles. The average Bonchev–Trinajstić information content (AvgIpc) is 0.796. The molecule has 21 N–H and O–H groups in total. The summed E-state index contributed by atoms with van der Waals surface area (Å²) in [7, 11) is 0. The molecule has 0 unspecified atom stereocenters. The zero-order valence-electron chi connectivity index (χ0n) is 75.6. The highest BCUT2D eigenvalue weighted by atomic mass is 16.6. The van der Waals surface area contributed by atoms with Crippen molar-refractivity contribution in [1.82, 2.24) is 0 Å². The largest absolute Gasteiger partial charge is 0.478 e. The second-order valence-electron chi connectivity index (χ2n) is 28.7. The lowest BCUT2D eigenvalue weighted by Gasteiger charge is -2.14. The maximum Gasteiger partial charge on any atom is 0.339 e. The van der Waals surface area contributed by atoms with Crippen LogP contribution in [0.4, 0.5) is 0 Å². The van der Waals surface area contributed by atoms with Gasteiger partial charge < -0.3 is 164 Å². The Labute approximate surface area is 830 Å². The molecule has 0 atom stereocenters. The Hall–Kier alpha value is -19.1. The lowest BCUT2D eigenvalue weighted by Crippen LogP contribution is -2.20. The van der Waals surface area contributed by atoms with Crippen LogP contribution < -0.4 is 0 Å². The van der Waals surface area contributed by atoms with Gasteiger partial charge in [-0.25, -0.2) is 101 Å². The van der Waals surface area contributed by atoms with Gasteiger partial charge in [-0.05, 0) is 146 Å². The molecule has 0 aromatic heterocycles. The van der Waals surface area contributed by atoms with Gasteiger partial charge in [0.15, 0.2) is 37.7 Å². The molecule has 0 aliphatic rings. The van der Waals surface area contributed by atoms with E-state index in [1.807, 2.05) is 0 Å². The van der Waals surface area contributed by atoms with Crippen molar-refractivity contribution in [3.8, 4) is 12.8 Å². The predicted octanol–water partition coefficient (Wildman–Crippen LogP) is 2.58. The molecule has 9 aromatic rings. The van der Waals surface area contributed by atoms with E-state index in [4.69, 9.17) is 72.2 Å². The smallest absolute Gasteiger partial charge is 0.339 e. The number of carboxylic acids is 9. The zero-order chi connectivity index (χ0) is 111. The Morgan fingerprint density at radius 2 is 0.275 bits per heavy atom. The lowest BCUT2D eigenvalue weighted by atomic mass is 10.0. The molecule has 0 amide bonds. The third kappa shape index (κ3) is 33.8. The molecular weight excluding hydrogens is 2000 g/mol. The molecule has 0 aliphatic heterocycles. The first-order valence-electron chi connectivity index (χ1n) is 41.3. The van der Waals surface area contributed by atoms with E-state index >= 15 is 0 Å². The Morgan fingerprint density at radius 1 is 0.154 bits per heavy atom. The van der Waals surface area contributed by atoms with E-state index in [1.54, 1.807) is 0 Å². The number of terminal acetylenes is 1. The second kappa shape index (κ2) is 56.1. The number of carboxylic acid groups (broad SMARTS) is 9. The third-order valence-corrected chi connectivity index (χ3v) is 19.2. The van der Waals surface area contributed by atoms with Crippen LogP contribution >= 0.6 is 0 Å². The first-order chi connectivity index (χ1) is 70.3. The summed E-state index contributed by atoms with van der Waals surface area (Å²) in [5, 5.41) is 195. The molecule has 0 saturated heterocycles. The summed E-state index contributed by atoms with van der Waals surface area (Å²) in [5.41, 5.74) is -11.6. The molecule has 0 heterocycles. The van der Waals surface area contributed by atoms with Gasteiger partial charge in [0.2, 0.25) is 0 Å². The standard InChI is InChI=1S/C42H34O24.C31H26O18.C20H18O12.C2H2/c43-31(44)23-5-1-19(15-27(23)34(49)50)37(55)61-9-10-62-40(58)22-4-8-26(41(59)65-13-11-63-38(56)20-2-6-24(32(45)46)28(16-20)35(51)52)30(18-22)42(60)66-14-12-64-39(57)21-3-7-25(33(47)48)29(17-21)36(53)54;32-23(33)17-4-1-14(11-20(17)26(38)39)28(42)46-7-8-47-30(44)16-3-6-19(25(36)37)22(13-16)31(45)49-10-9-48-29(43)15-2-5-18(24(34)35)21(12-15)27(40)41;21-15(22)11-3-1-9(7-13(11)17(25)26)19(29)31-5-6-32-20(30)10-2-4-12(16(23)24)14(8-10)18(27)28;1-2/h1-8,15-18,31,34,43-44,49-50H,9-14H2,(H,45,46)(H,47,48)(H,51,52)(H,53,54);1-6,11-13,23,26,32-33,38-39H,7-10H2,(H,34,35)(H,36,37)(H,40,41);1-4,7-8,15,17,21-22,25-26H,5-6H2,(H,23,24)(H,27,28);1-2H. The van der Waals surface area contributed by atoms with Crippen LogP contribution in [0.1, 0.15) is 289 Å². The van der Waals surface area contributed by atoms with Gasteiger partial charge in [0.05, 0.1) is 117 Å². The van der Waals surface area contributed by atoms with Crippen LogP contribution in [0.3, 0.4) is 0 Å². The van der Waals surface area contributed by atoms with Crippen LogP contribution in [-0.2, 0) is 56.8 Å². The minimum absolute atomic E-state index is 0.140. The summed E-state index contributed by atoms with van der Waals surface area (Å²) >= 11 is 0. The highest BCUT2D eigenvalue weighted by molar-refractivity contribution is 6.10. The fraction of sp³-hybridized carbons (Fsp3) is 0.189. The van der Waals surface area contributed by atoms with Gasteiger partial charge in [0.25, 0.3) is 0 Å². The van der Waals surface area contributed by atoms with Crippen LogP contribution in [0.5, 0.6) is 0 Å². The summed E-state index contributed by atoms with van der Waals surface area (Å²) in [6.45, 7) is -6.83. The van der Waals surface area contributed by atoms with Gasteiger partial charge in [-0.15, -0.1) is 12.8 Å². The van der Waals surface area contributed by atoms with Crippen LogP contribution in [0, 0.1) is 12.8 Å². The Morgan fingerprint density at radius 3 is 0.436 bits per heavy atom. The number of aliphatic hydroxyl groups is 12. The third-order valence-electron chi connectivity index (χ3n) is 19.2. The fourth-order valence-electron chi connectivity index (χ4n) is 12.3. The van der Waals surface area contributed by atoms with Gasteiger partial charge in [0.1, 0.15) is 79.3 Å². The summed E-state index contributed by atoms with van der Waals surface area (Å²) < 4.78 is 59.7. The topological polar surface area (TPSA) is 894 Å². The normalized spacial score (nSPS) is 10.6. The number of ether oxygens (including phenoxy) is 12. The van der Waals surface area contributed by atoms with Crippen molar-refractivity contribution in [1.29, 1.82) is 0 Å². The molecule has 784 valence electrons. The first kappa shape index (κ1) is 119. The van der Waals surface area contributed by atoms with E-state index < -0.39 is 315 Å². The number of aliphatic hydroxyl groups excluding tert-OH is 6. The van der Waals surface area contributed by atoms with Crippen molar-refractivity contribution < 1.29 is 265 Å². The van der Waals surface area contributed by atoms with Crippen LogP contribution in [0.2, 0.25) is 0 Å². The van der Waals surface area contributed by atoms with Gasteiger partial charge in [0, 0.05) is 33.4 Å². The van der Waals surface area contributed by atoms with Crippen molar-refractivity contribution in [3.05, 3.63) is 314 Å². The van der Waals surface area contributed by atoms with E-state index in [0.29, 0.717) is 0 Å². The monoisotopic (exact) mass is 2080 g/mol. The minimum atomic E-state index is -2.18. The predicted molar refractivity (Wildman–Crippen MR) is 477 cm³/mol. The number of aromatic carboxylic acids is 9. The summed E-state index contributed by atoms with van der Waals surface area (Å²) in [4.78, 5) is 253. The number of hydrogen-bond acceptors (Lipinski definition) is 45. The molecule has 0 bridgehead atoms. The number of rotatable bonds is 45. The molecule has 0 spiro atoms. The summed E-state index contributed by atoms with van der Waals surface area (Å²) in [5.74, 6) is -27.4. The average molecular weight is 2090 g/mol. The zero-order valence-corrected chi connectivity index (χ0v) is 75.6. The highest BCUT2D eigenvalue weighted by Gasteiger charge is 2.31. The molecule has 0 radical (unpaired) electrons.